The number of carbonyl (C=O) groups is 1. The zero-order chi connectivity index (χ0) is 29.2. The van der Waals surface area contributed by atoms with E-state index in [0.717, 1.165) is 28.7 Å². The van der Waals surface area contributed by atoms with E-state index >= 15 is 0 Å². The summed E-state index contributed by atoms with van der Waals surface area (Å²) in [6.07, 6.45) is 3.66. The van der Waals surface area contributed by atoms with Crippen LogP contribution >= 0.6 is 0 Å². The van der Waals surface area contributed by atoms with Gasteiger partial charge in [0.25, 0.3) is 0 Å². The van der Waals surface area contributed by atoms with Crippen molar-refractivity contribution in [1.82, 2.24) is 14.5 Å². The summed E-state index contributed by atoms with van der Waals surface area (Å²) in [6, 6.07) is 10.3. The number of aromatic nitrogens is 3. The fourth-order valence-corrected chi connectivity index (χ4v) is 4.36. The third kappa shape index (κ3) is 6.62. The molecule has 2 heterocycles. The van der Waals surface area contributed by atoms with Crippen LogP contribution in [-0.2, 0) is 20.7 Å². The number of ether oxygens (including phenoxy) is 3. The van der Waals surface area contributed by atoms with Crippen molar-refractivity contribution >= 4 is 16.9 Å². The van der Waals surface area contributed by atoms with Crippen LogP contribution in [0.3, 0.4) is 0 Å². The molecule has 0 aliphatic heterocycles. The molecule has 4 aromatic rings. The van der Waals surface area contributed by atoms with Crippen molar-refractivity contribution in [1.29, 1.82) is 0 Å². The van der Waals surface area contributed by atoms with E-state index in [9.17, 15) is 18.0 Å². The second-order valence-electron chi connectivity index (χ2n) is 10.7. The van der Waals surface area contributed by atoms with Crippen LogP contribution in [0.5, 0.6) is 5.75 Å². The van der Waals surface area contributed by atoms with E-state index in [1.54, 1.807) is 40.1 Å². The summed E-state index contributed by atoms with van der Waals surface area (Å²) < 4.78 is 58.2. The summed E-state index contributed by atoms with van der Waals surface area (Å²) in [5.41, 5.74) is 2.36. The maximum Gasteiger partial charge on any atom is 0.377 e. The quantitative estimate of drug-likeness (QED) is 0.166. The first-order chi connectivity index (χ1) is 18.8. The van der Waals surface area contributed by atoms with Gasteiger partial charge < -0.3 is 14.0 Å². The normalized spacial score (nSPS) is 12.8. The molecule has 4 rings (SSSR count). The number of fused-ring (bicyclic) bond motifs is 1. The Morgan fingerprint density at radius 3 is 2.38 bits per heavy atom. The van der Waals surface area contributed by atoms with Crippen molar-refractivity contribution in [2.75, 3.05) is 0 Å². The second-order valence-corrected chi connectivity index (χ2v) is 10.7. The molecule has 0 saturated heterocycles. The molecule has 40 heavy (non-hydrogen) atoms. The van der Waals surface area contributed by atoms with Gasteiger partial charge in [0, 0.05) is 35.6 Å². The van der Waals surface area contributed by atoms with Gasteiger partial charge in [0.1, 0.15) is 28.5 Å². The van der Waals surface area contributed by atoms with E-state index in [1.807, 2.05) is 35.0 Å². The lowest BCUT2D eigenvalue weighted by molar-refractivity contribution is -0.235. The van der Waals surface area contributed by atoms with Crippen molar-refractivity contribution in [3.8, 4) is 11.4 Å². The van der Waals surface area contributed by atoms with Crippen LogP contribution in [0.4, 0.5) is 13.2 Å². The molecule has 0 radical (unpaired) electrons. The number of esters is 1. The Hall–Kier alpha value is -3.92. The molecule has 0 spiro atoms. The number of carbonyl (C=O) groups excluding carboxylic acids is 1. The molecule has 10 heteroatoms. The summed E-state index contributed by atoms with van der Waals surface area (Å²) in [5.74, 6) is -0.565. The van der Waals surface area contributed by atoms with Gasteiger partial charge in [0.15, 0.2) is 0 Å². The first kappa shape index (κ1) is 29.1. The van der Waals surface area contributed by atoms with Crippen LogP contribution in [0.25, 0.3) is 16.6 Å². The molecule has 0 fully saturated rings. The van der Waals surface area contributed by atoms with Crippen molar-refractivity contribution in [3.63, 3.8) is 0 Å². The van der Waals surface area contributed by atoms with Gasteiger partial charge in [-0.3, -0.25) is 9.72 Å². The monoisotopic (exact) mass is 555 g/mol. The fourth-order valence-electron chi connectivity index (χ4n) is 4.36. The molecule has 0 bridgehead atoms. The average molecular weight is 556 g/mol. The molecule has 0 amide bonds. The predicted molar refractivity (Wildman–Crippen MR) is 144 cm³/mol. The lowest BCUT2D eigenvalue weighted by Crippen LogP contribution is -2.38. The van der Waals surface area contributed by atoms with E-state index in [1.165, 1.54) is 6.07 Å². The van der Waals surface area contributed by atoms with Crippen molar-refractivity contribution in [3.05, 3.63) is 83.3 Å². The minimum Gasteiger partial charge on any atom is -0.455 e. The van der Waals surface area contributed by atoms with Crippen LogP contribution in [0.2, 0.25) is 0 Å². The highest BCUT2D eigenvalue weighted by Gasteiger charge is 2.31. The predicted octanol–water partition coefficient (Wildman–Crippen LogP) is 6.87. The molecular formula is C30H32F3N3O4. The molecule has 2 aromatic carbocycles. The largest absolute Gasteiger partial charge is 0.455 e. The minimum absolute atomic E-state index is 0.0181. The molecule has 1 unspecified atom stereocenters. The Morgan fingerprint density at radius 2 is 1.75 bits per heavy atom. The maximum absolute atomic E-state index is 14.7. The number of nitrogens with zero attached hydrogens (tertiary/aromatic N) is 3. The summed E-state index contributed by atoms with van der Waals surface area (Å²) in [7, 11) is 0. The number of hydrogen-bond donors (Lipinski definition) is 0. The molecule has 0 saturated carbocycles. The van der Waals surface area contributed by atoms with Gasteiger partial charge in [0.2, 0.25) is 0 Å². The van der Waals surface area contributed by atoms with Crippen LogP contribution in [0.1, 0.15) is 63.1 Å². The molecule has 0 aliphatic rings. The number of imidazole rings is 1. The zero-order valence-electron chi connectivity index (χ0n) is 23.2. The topological polar surface area (TPSA) is 75.5 Å². The summed E-state index contributed by atoms with van der Waals surface area (Å²) >= 11 is 0. The molecular weight excluding hydrogens is 523 g/mol. The van der Waals surface area contributed by atoms with E-state index in [4.69, 9.17) is 9.47 Å². The van der Waals surface area contributed by atoms with Gasteiger partial charge in [-0.05, 0) is 75.1 Å². The Balaban J connectivity index is 1.66. The number of rotatable bonds is 9. The Bertz CT molecular complexity index is 1490. The van der Waals surface area contributed by atoms with Crippen LogP contribution in [0.15, 0.2) is 55.0 Å². The summed E-state index contributed by atoms with van der Waals surface area (Å²) in [4.78, 5) is 21.3. The summed E-state index contributed by atoms with van der Waals surface area (Å²) in [5, 5.41) is 0.250. The van der Waals surface area contributed by atoms with Crippen LogP contribution in [-0.4, -0.2) is 39.0 Å². The van der Waals surface area contributed by atoms with Gasteiger partial charge in [0.05, 0.1) is 0 Å². The van der Waals surface area contributed by atoms with E-state index in [-0.39, 0.29) is 22.6 Å². The minimum atomic E-state index is -3.30. The van der Waals surface area contributed by atoms with Crippen LogP contribution in [0, 0.1) is 12.7 Å². The lowest BCUT2D eigenvalue weighted by Gasteiger charge is -2.25. The average Bonchev–Trinajstić information content (AvgIpc) is 3.36. The number of benzene rings is 2. The highest BCUT2D eigenvalue weighted by Crippen LogP contribution is 2.33. The highest BCUT2D eigenvalue weighted by atomic mass is 19.3. The summed E-state index contributed by atoms with van der Waals surface area (Å²) in [6.45, 7) is 7.38. The number of halogens is 3. The second kappa shape index (κ2) is 11.7. The van der Waals surface area contributed by atoms with Crippen molar-refractivity contribution in [2.24, 2.45) is 0 Å². The molecule has 0 aliphatic carbocycles. The fraction of sp³-hybridized carbons (Fsp3) is 0.367. The first-order valence-electron chi connectivity index (χ1n) is 12.9. The van der Waals surface area contributed by atoms with Crippen molar-refractivity contribution in [2.45, 2.75) is 72.4 Å². The van der Waals surface area contributed by atoms with Gasteiger partial charge in [-0.15, -0.1) is 0 Å². The Labute approximate surface area is 230 Å². The van der Waals surface area contributed by atoms with E-state index < -0.39 is 30.3 Å². The third-order valence-electron chi connectivity index (χ3n) is 6.15. The Kier molecular flexibility index (Phi) is 8.48. The van der Waals surface area contributed by atoms with E-state index in [2.05, 4.69) is 28.6 Å². The molecule has 2 aromatic heterocycles. The Morgan fingerprint density at radius 1 is 1.05 bits per heavy atom. The zero-order valence-corrected chi connectivity index (χ0v) is 23.2. The molecule has 0 N–H and O–H groups in total. The van der Waals surface area contributed by atoms with Gasteiger partial charge in [-0.25, -0.2) is 14.2 Å². The van der Waals surface area contributed by atoms with Crippen LogP contribution < -0.4 is 4.74 Å². The van der Waals surface area contributed by atoms with Gasteiger partial charge >= 0.3 is 18.9 Å². The van der Waals surface area contributed by atoms with Gasteiger partial charge in [-0.1, -0.05) is 26.0 Å². The first-order valence-corrected chi connectivity index (χ1v) is 12.9. The lowest BCUT2D eigenvalue weighted by atomic mass is 9.98. The standard InChI is InChI=1S/C30H32F3N3O4/c1-17(2)26-34-13-14-36(26)21-9-7-19(8-10-21)15-20-16-35-25-22(31)11-12-23(24(25)18(20)3)38-28(39-29(32)33)27(37)40-30(4,5)6/h7-14,16-17,28-29H,15H2,1-6H3. The maximum atomic E-state index is 14.7. The molecule has 1 atom stereocenters. The van der Waals surface area contributed by atoms with Gasteiger partial charge in [-0.2, -0.15) is 8.78 Å². The number of hydrogen-bond acceptors (Lipinski definition) is 6. The number of pyridine rings is 1. The van der Waals surface area contributed by atoms with Crippen molar-refractivity contribution < 1.29 is 32.2 Å². The number of alkyl halides is 2. The third-order valence-corrected chi connectivity index (χ3v) is 6.15. The molecule has 7 nitrogen and oxygen atoms in total. The number of aryl methyl sites for hydroxylation is 1. The molecule has 212 valence electrons. The van der Waals surface area contributed by atoms with E-state index in [0.29, 0.717) is 12.0 Å². The SMILES string of the molecule is Cc1c(Cc2ccc(-n3ccnc3C(C)C)cc2)cnc2c(F)ccc(OC(OC(F)F)C(=O)OC(C)(C)C)c12. The smallest absolute Gasteiger partial charge is 0.377 e. The highest BCUT2D eigenvalue weighted by molar-refractivity contribution is 5.90.